The summed E-state index contributed by atoms with van der Waals surface area (Å²) in [5, 5.41) is 0. The van der Waals surface area contributed by atoms with Crippen molar-refractivity contribution in [3.05, 3.63) is 24.3 Å². The lowest BCUT2D eigenvalue weighted by molar-refractivity contribution is 0.0479. The molecule has 4 heteroatoms. The fourth-order valence-corrected chi connectivity index (χ4v) is 3.50. The van der Waals surface area contributed by atoms with Crippen LogP contribution in [0.5, 0.6) is 6.08 Å². The maximum absolute atomic E-state index is 5.96. The van der Waals surface area contributed by atoms with E-state index in [2.05, 4.69) is 16.9 Å². The Morgan fingerprint density at radius 1 is 1.21 bits per heavy atom. The second-order valence-electron chi connectivity index (χ2n) is 5.71. The minimum atomic E-state index is 0.252. The zero-order valence-electron chi connectivity index (χ0n) is 11.1. The summed E-state index contributed by atoms with van der Waals surface area (Å²) in [6.45, 7) is 0. The van der Waals surface area contributed by atoms with Gasteiger partial charge < -0.3 is 14.1 Å². The summed E-state index contributed by atoms with van der Waals surface area (Å²) < 4.78 is 11.6. The molecule has 1 aromatic heterocycles. The quantitative estimate of drug-likeness (QED) is 0.830. The first kappa shape index (κ1) is 11.3. The van der Waals surface area contributed by atoms with E-state index < -0.39 is 0 Å². The third kappa shape index (κ3) is 1.91. The molecule has 3 heterocycles. The molecule has 0 amide bonds. The number of nitrogens with zero attached hydrogens (tertiary/aromatic N) is 2. The molecule has 2 aliphatic heterocycles. The van der Waals surface area contributed by atoms with Crippen LogP contribution in [0.15, 0.2) is 28.7 Å². The number of hydrogen-bond donors (Lipinski definition) is 0. The summed E-state index contributed by atoms with van der Waals surface area (Å²) in [4.78, 5) is 6.90. The second-order valence-corrected chi connectivity index (χ2v) is 5.71. The first-order chi connectivity index (χ1) is 9.29. The molecule has 100 valence electrons. The van der Waals surface area contributed by atoms with E-state index in [9.17, 15) is 0 Å². The molecule has 4 nitrogen and oxygen atoms in total. The average Bonchev–Trinajstić information content (AvgIpc) is 2.87. The molecule has 4 rings (SSSR count). The summed E-state index contributed by atoms with van der Waals surface area (Å²) in [6, 6.07) is 9.14. The standard InChI is InChI=1S/C15H18N2O2/c1-17-10-6-7-11(17)9-12(8-10)18-15-16-13-4-2-3-5-14(13)19-15/h2-5,10-12H,6-9H2,1H3/t10-,11+,12+. The number of para-hydroxylation sites is 2. The van der Waals surface area contributed by atoms with Crippen LogP contribution in [0, 0.1) is 0 Å². The Balaban J connectivity index is 1.52. The van der Waals surface area contributed by atoms with Crippen molar-refractivity contribution < 1.29 is 9.15 Å². The SMILES string of the molecule is CN1[C@@H]2CC[C@H]1C[C@@H](Oc1nc3ccccc3o1)C2. The zero-order valence-corrected chi connectivity index (χ0v) is 11.1. The van der Waals surface area contributed by atoms with Gasteiger partial charge in [0, 0.05) is 24.9 Å². The van der Waals surface area contributed by atoms with Crippen molar-refractivity contribution >= 4 is 11.1 Å². The highest BCUT2D eigenvalue weighted by atomic mass is 16.6. The number of benzene rings is 1. The lowest BCUT2D eigenvalue weighted by Crippen LogP contribution is -2.43. The minimum absolute atomic E-state index is 0.252. The van der Waals surface area contributed by atoms with Gasteiger partial charge in [0.2, 0.25) is 0 Å². The summed E-state index contributed by atoms with van der Waals surface area (Å²) in [6.07, 6.45) is 5.46. The lowest BCUT2D eigenvalue weighted by Gasteiger charge is -2.35. The van der Waals surface area contributed by atoms with E-state index >= 15 is 0 Å². The van der Waals surface area contributed by atoms with Crippen LogP contribution in [0.3, 0.4) is 0 Å². The predicted octanol–water partition coefficient (Wildman–Crippen LogP) is 2.83. The van der Waals surface area contributed by atoms with Gasteiger partial charge in [0.1, 0.15) is 11.6 Å². The number of piperidine rings is 1. The van der Waals surface area contributed by atoms with E-state index in [0.717, 1.165) is 23.9 Å². The van der Waals surface area contributed by atoms with Crippen molar-refractivity contribution in [1.29, 1.82) is 0 Å². The Kier molecular flexibility index (Phi) is 2.52. The van der Waals surface area contributed by atoms with Crippen LogP contribution in [0.2, 0.25) is 0 Å². The Hall–Kier alpha value is -1.55. The van der Waals surface area contributed by atoms with E-state index in [1.807, 2.05) is 24.3 Å². The van der Waals surface area contributed by atoms with Crippen molar-refractivity contribution in [1.82, 2.24) is 9.88 Å². The minimum Gasteiger partial charge on any atom is -0.447 e. The summed E-state index contributed by atoms with van der Waals surface area (Å²) in [7, 11) is 2.23. The predicted molar refractivity (Wildman–Crippen MR) is 72.2 cm³/mol. The summed E-state index contributed by atoms with van der Waals surface area (Å²) in [5.41, 5.74) is 1.67. The highest BCUT2D eigenvalue weighted by Gasteiger charge is 2.39. The van der Waals surface area contributed by atoms with Gasteiger partial charge in [-0.2, -0.15) is 4.98 Å². The third-order valence-electron chi connectivity index (χ3n) is 4.60. The Labute approximate surface area is 112 Å². The molecule has 0 unspecified atom stereocenters. The van der Waals surface area contributed by atoms with Crippen molar-refractivity contribution in [3.8, 4) is 6.08 Å². The van der Waals surface area contributed by atoms with Gasteiger partial charge in [-0.1, -0.05) is 12.1 Å². The van der Waals surface area contributed by atoms with Crippen LogP contribution < -0.4 is 4.74 Å². The molecule has 2 aliphatic rings. The molecular weight excluding hydrogens is 240 g/mol. The first-order valence-corrected chi connectivity index (χ1v) is 7.04. The lowest BCUT2D eigenvalue weighted by atomic mass is 10.0. The number of hydrogen-bond acceptors (Lipinski definition) is 4. The Morgan fingerprint density at radius 3 is 2.68 bits per heavy atom. The van der Waals surface area contributed by atoms with Crippen molar-refractivity contribution in [2.45, 2.75) is 43.9 Å². The van der Waals surface area contributed by atoms with Crippen LogP contribution >= 0.6 is 0 Å². The molecule has 2 bridgehead atoms. The van der Waals surface area contributed by atoms with Crippen LogP contribution in [-0.4, -0.2) is 35.1 Å². The van der Waals surface area contributed by atoms with Crippen LogP contribution in [-0.2, 0) is 0 Å². The molecule has 2 fully saturated rings. The third-order valence-corrected chi connectivity index (χ3v) is 4.60. The van der Waals surface area contributed by atoms with E-state index in [1.165, 1.54) is 12.8 Å². The van der Waals surface area contributed by atoms with E-state index in [1.54, 1.807) is 0 Å². The smallest absolute Gasteiger partial charge is 0.394 e. The maximum atomic E-state index is 5.96. The number of rotatable bonds is 2. The molecule has 2 aromatic rings. The topological polar surface area (TPSA) is 38.5 Å². The molecule has 0 saturated carbocycles. The van der Waals surface area contributed by atoms with Gasteiger partial charge in [-0.15, -0.1) is 0 Å². The molecule has 3 atom stereocenters. The number of fused-ring (bicyclic) bond motifs is 3. The van der Waals surface area contributed by atoms with Gasteiger partial charge in [-0.25, -0.2) is 0 Å². The molecule has 19 heavy (non-hydrogen) atoms. The fraction of sp³-hybridized carbons (Fsp3) is 0.533. The first-order valence-electron chi connectivity index (χ1n) is 7.04. The molecule has 1 aromatic carbocycles. The maximum Gasteiger partial charge on any atom is 0.394 e. The van der Waals surface area contributed by atoms with Gasteiger partial charge in [-0.05, 0) is 32.0 Å². The molecule has 0 N–H and O–H groups in total. The van der Waals surface area contributed by atoms with Crippen molar-refractivity contribution in [2.24, 2.45) is 0 Å². The van der Waals surface area contributed by atoms with Crippen molar-refractivity contribution in [3.63, 3.8) is 0 Å². The summed E-state index contributed by atoms with van der Waals surface area (Å²) >= 11 is 0. The molecule has 2 saturated heterocycles. The number of aromatic nitrogens is 1. The van der Waals surface area contributed by atoms with Crippen LogP contribution in [0.4, 0.5) is 0 Å². The number of oxazole rings is 1. The van der Waals surface area contributed by atoms with Crippen LogP contribution in [0.1, 0.15) is 25.7 Å². The Bertz CT molecular complexity index is 548. The number of ether oxygens (including phenoxy) is 1. The highest BCUT2D eigenvalue weighted by Crippen LogP contribution is 2.36. The Morgan fingerprint density at radius 2 is 1.95 bits per heavy atom. The monoisotopic (exact) mass is 258 g/mol. The van der Waals surface area contributed by atoms with Gasteiger partial charge in [0.25, 0.3) is 0 Å². The van der Waals surface area contributed by atoms with E-state index in [0.29, 0.717) is 18.2 Å². The highest BCUT2D eigenvalue weighted by molar-refractivity contribution is 5.72. The second kappa shape index (κ2) is 4.23. The van der Waals surface area contributed by atoms with Gasteiger partial charge in [0.15, 0.2) is 5.58 Å². The molecule has 0 aliphatic carbocycles. The van der Waals surface area contributed by atoms with Gasteiger partial charge in [0.05, 0.1) is 0 Å². The largest absolute Gasteiger partial charge is 0.447 e. The molecular formula is C15H18N2O2. The van der Waals surface area contributed by atoms with Gasteiger partial charge in [-0.3, -0.25) is 0 Å². The fourth-order valence-electron chi connectivity index (χ4n) is 3.50. The van der Waals surface area contributed by atoms with E-state index in [-0.39, 0.29) is 6.10 Å². The van der Waals surface area contributed by atoms with Crippen LogP contribution in [0.25, 0.3) is 11.1 Å². The van der Waals surface area contributed by atoms with Gasteiger partial charge >= 0.3 is 6.08 Å². The zero-order chi connectivity index (χ0) is 12.8. The normalized spacial score (nSPS) is 30.9. The van der Waals surface area contributed by atoms with E-state index in [4.69, 9.17) is 9.15 Å². The summed E-state index contributed by atoms with van der Waals surface area (Å²) in [5.74, 6) is 0. The molecule has 0 radical (unpaired) electrons. The average molecular weight is 258 g/mol. The van der Waals surface area contributed by atoms with Crippen molar-refractivity contribution in [2.75, 3.05) is 7.05 Å². The molecule has 0 spiro atoms.